The number of benzodiazepines with no additional fused rings is 1. The second-order valence-electron chi connectivity index (χ2n) is 7.27. The van der Waals surface area contributed by atoms with E-state index in [-0.39, 0.29) is 5.91 Å². The van der Waals surface area contributed by atoms with Crippen molar-refractivity contribution in [2.45, 2.75) is 12.5 Å². The van der Waals surface area contributed by atoms with E-state index in [4.69, 9.17) is 28.2 Å². The van der Waals surface area contributed by atoms with Gasteiger partial charge >= 0.3 is 0 Å². The van der Waals surface area contributed by atoms with Crippen LogP contribution in [0, 0.1) is 0 Å². The minimum absolute atomic E-state index is 0.189. The van der Waals surface area contributed by atoms with Crippen LogP contribution in [-0.2, 0) is 11.2 Å². The molecule has 0 saturated heterocycles. The maximum absolute atomic E-state index is 13.0. The van der Waals surface area contributed by atoms with Crippen molar-refractivity contribution < 1.29 is 4.79 Å². The maximum Gasteiger partial charge on any atom is 0.249 e. The Morgan fingerprint density at radius 1 is 1.07 bits per heavy atom. The predicted octanol–water partition coefficient (Wildman–Crippen LogP) is 4.86. The van der Waals surface area contributed by atoms with Crippen LogP contribution < -0.4 is 10.2 Å². The van der Waals surface area contributed by atoms with E-state index in [0.717, 1.165) is 22.5 Å². The largest absolute Gasteiger partial charge is 0.363 e. The van der Waals surface area contributed by atoms with Gasteiger partial charge in [0.05, 0.1) is 11.4 Å². The molecular weight excluding hydrogens is 419 g/mol. The number of anilines is 2. The van der Waals surface area contributed by atoms with Crippen LogP contribution >= 0.6 is 23.2 Å². The van der Waals surface area contributed by atoms with Gasteiger partial charge in [-0.05, 0) is 42.0 Å². The van der Waals surface area contributed by atoms with E-state index in [1.807, 2.05) is 61.5 Å². The zero-order chi connectivity index (χ0) is 21.3. The van der Waals surface area contributed by atoms with Gasteiger partial charge in [-0.25, -0.2) is 4.98 Å². The van der Waals surface area contributed by atoms with Crippen LogP contribution in [0.5, 0.6) is 0 Å². The molecule has 1 N–H and O–H groups in total. The zero-order valence-corrected chi connectivity index (χ0v) is 18.1. The number of nitrogens with zero attached hydrogens (tertiary/aromatic N) is 3. The molecule has 0 bridgehead atoms. The Bertz CT molecular complexity index is 1130. The molecule has 2 heterocycles. The van der Waals surface area contributed by atoms with Gasteiger partial charge in [-0.15, -0.1) is 0 Å². The Morgan fingerprint density at radius 3 is 2.57 bits per heavy atom. The minimum atomic E-state index is -0.639. The van der Waals surface area contributed by atoms with E-state index in [1.54, 1.807) is 18.3 Å². The summed E-state index contributed by atoms with van der Waals surface area (Å²) in [5, 5.41) is 4.17. The van der Waals surface area contributed by atoms with Crippen LogP contribution in [0.3, 0.4) is 0 Å². The van der Waals surface area contributed by atoms with Gasteiger partial charge < -0.3 is 10.2 Å². The van der Waals surface area contributed by atoms with Crippen molar-refractivity contribution >= 4 is 46.3 Å². The molecule has 1 unspecified atom stereocenters. The number of hydrogen-bond acceptors (Lipinski definition) is 4. The summed E-state index contributed by atoms with van der Waals surface area (Å²) in [7, 11) is 3.87. The van der Waals surface area contributed by atoms with Crippen LogP contribution in [0.4, 0.5) is 11.5 Å². The maximum atomic E-state index is 13.0. The highest BCUT2D eigenvalue weighted by atomic mass is 35.5. The Hall–Kier alpha value is -2.89. The number of carbonyl (C=O) groups excluding carboxylic acids is 1. The number of pyridine rings is 1. The summed E-state index contributed by atoms with van der Waals surface area (Å²) in [4.78, 5) is 24.3. The fourth-order valence-corrected chi connectivity index (χ4v) is 3.74. The second kappa shape index (κ2) is 8.46. The SMILES string of the molecule is CN(C)c1ccc(C2=NC(Cc3ccccc3Cl)C(=O)Nc3ccc(Cl)cc32)cn1. The number of amides is 1. The molecule has 4 rings (SSSR count). The first-order valence-corrected chi connectivity index (χ1v) is 10.2. The molecule has 152 valence electrons. The molecule has 1 amide bonds. The summed E-state index contributed by atoms with van der Waals surface area (Å²) >= 11 is 12.6. The molecule has 1 aliphatic heterocycles. The molecule has 1 aliphatic rings. The highest BCUT2D eigenvalue weighted by Gasteiger charge is 2.27. The van der Waals surface area contributed by atoms with Gasteiger partial charge in [-0.3, -0.25) is 9.79 Å². The van der Waals surface area contributed by atoms with Crippen LogP contribution in [-0.4, -0.2) is 36.7 Å². The quantitative estimate of drug-likeness (QED) is 0.632. The number of hydrogen-bond donors (Lipinski definition) is 1. The topological polar surface area (TPSA) is 57.6 Å². The number of aliphatic imine (C=N–C) groups is 1. The number of aromatic nitrogens is 1. The van der Waals surface area contributed by atoms with Crippen LogP contribution in [0.25, 0.3) is 0 Å². The average Bonchev–Trinajstić information content (AvgIpc) is 2.86. The summed E-state index contributed by atoms with van der Waals surface area (Å²) in [5.41, 5.74) is 3.77. The molecule has 7 heteroatoms. The lowest BCUT2D eigenvalue weighted by Gasteiger charge is -2.14. The molecular formula is C23H20Cl2N4O. The van der Waals surface area contributed by atoms with Crippen molar-refractivity contribution in [3.05, 3.63) is 87.5 Å². The summed E-state index contributed by atoms with van der Waals surface area (Å²) in [6, 6.07) is 16.1. The third kappa shape index (κ3) is 4.18. The minimum Gasteiger partial charge on any atom is -0.363 e. The molecule has 1 atom stereocenters. The molecule has 30 heavy (non-hydrogen) atoms. The van der Waals surface area contributed by atoms with Gasteiger partial charge in [0.25, 0.3) is 0 Å². The predicted molar refractivity (Wildman–Crippen MR) is 123 cm³/mol. The average molecular weight is 439 g/mol. The van der Waals surface area contributed by atoms with Crippen molar-refractivity contribution in [3.8, 4) is 0 Å². The highest BCUT2D eigenvalue weighted by Crippen LogP contribution is 2.29. The standard InChI is InChI=1S/C23H20Cl2N4O/c1-29(2)21-10-7-15(13-26-21)22-17-12-16(24)8-9-19(17)28-23(30)20(27-22)11-14-5-3-4-6-18(14)25/h3-10,12-13,20H,11H2,1-2H3,(H,28,30). The van der Waals surface area contributed by atoms with Crippen molar-refractivity contribution in [2.24, 2.45) is 4.99 Å². The first-order valence-electron chi connectivity index (χ1n) is 9.48. The fraction of sp³-hybridized carbons (Fsp3) is 0.174. The molecule has 0 spiro atoms. The summed E-state index contributed by atoms with van der Waals surface area (Å²) in [6.45, 7) is 0. The molecule has 0 saturated carbocycles. The Kier molecular flexibility index (Phi) is 5.75. The fourth-order valence-electron chi connectivity index (χ4n) is 3.35. The van der Waals surface area contributed by atoms with Crippen LogP contribution in [0.2, 0.25) is 10.0 Å². The third-order valence-corrected chi connectivity index (χ3v) is 5.54. The van der Waals surface area contributed by atoms with Crippen molar-refractivity contribution in [1.29, 1.82) is 0 Å². The lowest BCUT2D eigenvalue weighted by molar-refractivity contribution is -0.117. The monoisotopic (exact) mass is 438 g/mol. The van der Waals surface area contributed by atoms with Crippen molar-refractivity contribution in [1.82, 2.24) is 4.98 Å². The summed E-state index contributed by atoms with van der Waals surface area (Å²) < 4.78 is 0. The van der Waals surface area contributed by atoms with E-state index >= 15 is 0 Å². The number of rotatable bonds is 4. The third-order valence-electron chi connectivity index (χ3n) is 4.93. The first kappa shape index (κ1) is 20.4. The Balaban J connectivity index is 1.82. The number of benzene rings is 2. The Labute approximate surface area is 185 Å². The lowest BCUT2D eigenvalue weighted by atomic mass is 10.0. The summed E-state index contributed by atoms with van der Waals surface area (Å²) in [6.07, 6.45) is 2.15. The molecule has 0 radical (unpaired) electrons. The zero-order valence-electron chi connectivity index (χ0n) is 16.6. The molecule has 0 fully saturated rings. The lowest BCUT2D eigenvalue weighted by Crippen LogP contribution is -2.27. The van der Waals surface area contributed by atoms with Crippen LogP contribution in [0.1, 0.15) is 16.7 Å². The number of halogens is 2. The number of nitrogens with one attached hydrogen (secondary N) is 1. The van der Waals surface area contributed by atoms with Gasteiger partial charge in [0, 0.05) is 47.9 Å². The summed E-state index contributed by atoms with van der Waals surface area (Å²) in [5.74, 6) is 0.646. The first-order chi connectivity index (χ1) is 14.4. The molecule has 1 aromatic heterocycles. The van der Waals surface area contributed by atoms with Gasteiger partial charge in [-0.1, -0.05) is 41.4 Å². The normalized spacial score (nSPS) is 15.7. The molecule has 0 aliphatic carbocycles. The smallest absolute Gasteiger partial charge is 0.249 e. The van der Waals surface area contributed by atoms with E-state index in [0.29, 0.717) is 27.9 Å². The van der Waals surface area contributed by atoms with Gasteiger partial charge in [0.1, 0.15) is 11.9 Å². The molecule has 2 aromatic carbocycles. The number of fused-ring (bicyclic) bond motifs is 1. The van der Waals surface area contributed by atoms with Crippen LogP contribution in [0.15, 0.2) is 65.8 Å². The Morgan fingerprint density at radius 2 is 1.87 bits per heavy atom. The van der Waals surface area contributed by atoms with Gasteiger partial charge in [0.2, 0.25) is 5.91 Å². The highest BCUT2D eigenvalue weighted by molar-refractivity contribution is 6.32. The van der Waals surface area contributed by atoms with E-state index in [2.05, 4.69) is 10.3 Å². The second-order valence-corrected chi connectivity index (χ2v) is 8.11. The van der Waals surface area contributed by atoms with Gasteiger partial charge in [-0.2, -0.15) is 0 Å². The van der Waals surface area contributed by atoms with E-state index < -0.39 is 6.04 Å². The number of carbonyl (C=O) groups is 1. The molecule has 5 nitrogen and oxygen atoms in total. The van der Waals surface area contributed by atoms with E-state index in [1.165, 1.54) is 0 Å². The van der Waals surface area contributed by atoms with E-state index in [9.17, 15) is 4.79 Å². The molecule has 3 aromatic rings. The van der Waals surface area contributed by atoms with Gasteiger partial charge in [0.15, 0.2) is 0 Å². The van der Waals surface area contributed by atoms with Crippen molar-refractivity contribution in [2.75, 3.05) is 24.3 Å². The van der Waals surface area contributed by atoms with Crippen molar-refractivity contribution in [3.63, 3.8) is 0 Å².